The SMILES string of the molecule is CCC[C@H](C)CCC(=O)N1C(=O)O[C@@H](c2ccccc2)[C@H]1C.CCC[C@H](C)CCC(=O)O.CCC[C@H](C)CCC=C(C)C.CCC[C@H](C)C[C@@H](CC)C(=O)N1C(=O)O[C@@H](c2ccccc2)[C@H]1C.CCC[C@H](C)C[C@@H](CC)CN.CCC[C@H](C)C[C@@H](CC)CN.CCC[C@H](C)C[C@@H](CC)CN=[N+]=[N-].CCC[C@H](C)C[C@@H](CC)CO.CCC[C@H](C)C[C@@H](CC)COS(=O)(=O)c1ccc(C)cc1. The van der Waals surface area contributed by atoms with Gasteiger partial charge in [-0.15, -0.1) is 0 Å². The normalized spacial score (nSPS) is 17.6. The van der Waals surface area contributed by atoms with Crippen molar-refractivity contribution in [2.24, 2.45) is 105 Å². The first-order valence-electron chi connectivity index (χ1n) is 53.7. The molecule has 0 bridgehead atoms. The van der Waals surface area contributed by atoms with Crippen LogP contribution in [0.25, 0.3) is 10.4 Å². The number of carboxylic acids is 1. The predicted octanol–water partition coefficient (Wildman–Crippen LogP) is 32.8. The summed E-state index contributed by atoms with van der Waals surface area (Å²) >= 11 is 0. The fourth-order valence-electron chi connectivity index (χ4n) is 17.9. The number of hydrogen-bond acceptors (Lipinski definition) is 14. The number of aryl methyl sites for hydroxylation is 1. The summed E-state index contributed by atoms with van der Waals surface area (Å²) in [6.45, 7) is 66.0. The molecule has 3 aromatic carbocycles. The molecule has 0 spiro atoms. The topological polar surface area (TPSA) is 295 Å². The fourth-order valence-corrected chi connectivity index (χ4v) is 18.8. The molecule has 3 aromatic rings. The van der Waals surface area contributed by atoms with Crippen LogP contribution < -0.4 is 11.5 Å². The summed E-state index contributed by atoms with van der Waals surface area (Å²) in [6.07, 6.45) is 41.1. The van der Waals surface area contributed by atoms with Crippen molar-refractivity contribution in [1.82, 2.24) is 9.80 Å². The van der Waals surface area contributed by atoms with E-state index in [1.54, 1.807) is 24.3 Å². The van der Waals surface area contributed by atoms with Crippen LogP contribution in [0.5, 0.6) is 0 Å². The van der Waals surface area contributed by atoms with E-state index in [1.807, 2.05) is 88.4 Å². The summed E-state index contributed by atoms with van der Waals surface area (Å²) < 4.78 is 40.5. The molecule has 0 unspecified atom stereocenters. The summed E-state index contributed by atoms with van der Waals surface area (Å²) in [5.41, 5.74) is 23.8. The van der Waals surface area contributed by atoms with E-state index < -0.39 is 28.3 Å². The maximum Gasteiger partial charge on any atom is 0.417 e. The zero-order valence-corrected chi connectivity index (χ0v) is 92.2. The van der Waals surface area contributed by atoms with Crippen LogP contribution in [0.4, 0.5) is 9.59 Å². The van der Waals surface area contributed by atoms with E-state index in [4.69, 9.17) is 40.9 Å². The molecular weight excluding hydrogens is 1690 g/mol. The fraction of sp³-hybridized carbons (Fsp3) is 0.781. The minimum Gasteiger partial charge on any atom is -0.481 e. The lowest BCUT2D eigenvalue weighted by molar-refractivity contribution is -0.137. The maximum atomic E-state index is 12.9. The van der Waals surface area contributed by atoms with Crippen LogP contribution in [-0.2, 0) is 38.2 Å². The molecule has 2 heterocycles. The number of ether oxygens (including phenoxy) is 2. The number of carbonyl (C=O) groups is 5. The molecule has 2 aliphatic heterocycles. The number of benzene rings is 3. The first-order chi connectivity index (χ1) is 63.7. The summed E-state index contributed by atoms with van der Waals surface area (Å²) in [5.74, 6) is 8.32. The Kier molecular flexibility index (Phi) is 85.0. The number of azide groups is 1. The number of amides is 4. The first-order valence-corrected chi connectivity index (χ1v) is 55.1. The molecule has 134 heavy (non-hydrogen) atoms. The molecule has 6 N–H and O–H groups in total. The van der Waals surface area contributed by atoms with Crippen LogP contribution in [-0.4, -0.2) is 103 Å². The van der Waals surface area contributed by atoms with E-state index in [0.29, 0.717) is 67.4 Å². The van der Waals surface area contributed by atoms with E-state index in [9.17, 15) is 32.4 Å². The monoisotopic (exact) mass is 1900 g/mol. The van der Waals surface area contributed by atoms with Gasteiger partial charge < -0.3 is 31.2 Å². The number of rotatable bonds is 57. The van der Waals surface area contributed by atoms with Gasteiger partial charge in [0.1, 0.15) is 12.2 Å². The highest BCUT2D eigenvalue weighted by Gasteiger charge is 2.46. The molecule has 19 nitrogen and oxygen atoms in total. The van der Waals surface area contributed by atoms with Gasteiger partial charge in [0.15, 0.2) is 0 Å². The molecule has 0 radical (unpaired) electrons. The molecule has 20 heteroatoms. The van der Waals surface area contributed by atoms with Gasteiger partial charge in [-0.25, -0.2) is 19.4 Å². The second kappa shape index (κ2) is 84.9. The van der Waals surface area contributed by atoms with Gasteiger partial charge in [-0.1, -0.05) is 409 Å². The average molecular weight is 1900 g/mol. The van der Waals surface area contributed by atoms with Gasteiger partial charge in [0, 0.05) is 36.8 Å². The smallest absolute Gasteiger partial charge is 0.417 e. The van der Waals surface area contributed by atoms with Crippen LogP contribution in [0.1, 0.15) is 454 Å². The van der Waals surface area contributed by atoms with E-state index in [2.05, 4.69) is 189 Å². The summed E-state index contributed by atoms with van der Waals surface area (Å²) in [5, 5.41) is 20.9. The Labute approximate surface area is 824 Å². The molecule has 2 fully saturated rings. The Morgan fingerprint density at radius 1 is 0.463 bits per heavy atom. The lowest BCUT2D eigenvalue weighted by Gasteiger charge is -2.25. The number of hydrogen-bond donors (Lipinski definition) is 4. The lowest BCUT2D eigenvalue weighted by atomic mass is 9.89. The van der Waals surface area contributed by atoms with Crippen LogP contribution in [0, 0.1) is 95.7 Å². The second-order valence-corrected chi connectivity index (χ2v) is 41.9. The standard InChI is InChI=1S/C20H29NO3.C18H25NO3.C17H28O3S.C11H22.C10H21N3.2C10H23N.C10H22O.C8H16O2/c1-5-10-14(3)13-16(6-2)19(22)21-15(4)18(24-20(21)23)17-11-8-7-9-12-17;1-4-8-13(2)11-12-16(20)19-14(3)17(22-18(19)21)15-9-6-5-7-10-15;1-5-7-15(4)12-16(6-2)13-20-21(18,19)17-10-8-14(3)9-11-17;1-5-7-11(4)9-6-8-10(2)3;1-4-6-9(3)7-10(5-2)8-12-13-11;3*1-4-6-9(3)7-10(5-2)8-11;1-3-4-7(2)5-6-8(9)10/h7-9,11-12,14-16,18H,5-6,10,13H2,1-4H3;5-7,9-10,13-14,17H,4,8,11-12H2,1-3H3;8-11,15-16H,5-7,12-13H2,1-4H3;8,11H,5-7,9H2,1-4H3;9-10H,4-8H2,1-3H3;2*9-10H,4-8,11H2,1-3H3;9-11H,4-8H2,1-3H3;7H,3-6H2,1-2H3,(H,9,10)/t14-,15+,16+,18+;13-,14+,17+;15-,16+;11-;4*9-,10+;7-/m000000000/s1. The minimum atomic E-state index is -3.63. The number of carbonyl (C=O) groups excluding carboxylic acids is 4. The number of aliphatic carboxylic acids is 1. The molecule has 19 atom stereocenters. The van der Waals surface area contributed by atoms with Crippen LogP contribution in [0.3, 0.4) is 0 Å². The third kappa shape index (κ3) is 65.7. The molecule has 778 valence electrons. The Morgan fingerprint density at radius 2 is 0.799 bits per heavy atom. The number of imide groups is 2. The van der Waals surface area contributed by atoms with Crippen molar-refractivity contribution in [3.63, 3.8) is 0 Å². The minimum absolute atomic E-state index is 0.0867. The number of aliphatic hydroxyl groups excluding tert-OH is 1. The highest BCUT2D eigenvalue weighted by Crippen LogP contribution is 2.37. The number of aliphatic hydroxyl groups is 1. The van der Waals surface area contributed by atoms with Crippen molar-refractivity contribution < 1.29 is 56.3 Å². The largest absolute Gasteiger partial charge is 0.481 e. The molecule has 0 aliphatic carbocycles. The van der Waals surface area contributed by atoms with Crippen molar-refractivity contribution in [2.75, 3.05) is 32.8 Å². The lowest BCUT2D eigenvalue weighted by Crippen LogP contribution is -2.42. The van der Waals surface area contributed by atoms with Crippen molar-refractivity contribution in [3.05, 3.63) is 124 Å². The molecular formula is C114H209N7O12S. The van der Waals surface area contributed by atoms with E-state index in [1.165, 1.54) is 144 Å². The van der Waals surface area contributed by atoms with E-state index >= 15 is 0 Å². The van der Waals surface area contributed by atoms with Crippen molar-refractivity contribution in [3.8, 4) is 0 Å². The Bertz CT molecular complexity index is 3440. The molecule has 2 saturated heterocycles. The number of nitrogens with zero attached hydrogens (tertiary/aromatic N) is 5. The maximum absolute atomic E-state index is 12.9. The Morgan fingerprint density at radius 3 is 1.14 bits per heavy atom. The van der Waals surface area contributed by atoms with Crippen molar-refractivity contribution >= 4 is 40.1 Å². The third-order valence-electron chi connectivity index (χ3n) is 26.4. The quantitative estimate of drug-likeness (QED) is 0.0134. The van der Waals surface area contributed by atoms with Gasteiger partial charge in [-0.3, -0.25) is 18.6 Å². The summed E-state index contributed by atoms with van der Waals surface area (Å²) in [4.78, 5) is 65.5. The average Bonchev–Trinajstić information content (AvgIpc) is 1.65. The predicted molar refractivity (Wildman–Crippen MR) is 569 cm³/mol. The van der Waals surface area contributed by atoms with Gasteiger partial charge in [-0.2, -0.15) is 8.42 Å². The highest BCUT2D eigenvalue weighted by molar-refractivity contribution is 7.86. The van der Waals surface area contributed by atoms with E-state index in [-0.39, 0.29) is 53.5 Å². The third-order valence-corrected chi connectivity index (χ3v) is 27.7. The Hall–Kier alpha value is -6.15. The zero-order valence-electron chi connectivity index (χ0n) is 91.4. The molecule has 0 aromatic heterocycles. The van der Waals surface area contributed by atoms with E-state index in [0.717, 1.165) is 161 Å². The molecule has 5 rings (SSSR count). The summed E-state index contributed by atoms with van der Waals surface area (Å²) in [6, 6.07) is 25.5. The number of allylic oxidation sites excluding steroid dienone is 2. The van der Waals surface area contributed by atoms with Gasteiger partial charge in [0.05, 0.1) is 23.6 Å². The number of cyclic esters (lactones) is 2. The number of nitrogens with two attached hydrogens (primary N) is 2. The van der Waals surface area contributed by atoms with Crippen molar-refractivity contribution in [2.45, 2.75) is 461 Å². The molecule has 2 aliphatic rings. The van der Waals surface area contributed by atoms with Crippen molar-refractivity contribution in [1.29, 1.82) is 0 Å². The van der Waals surface area contributed by atoms with Crippen LogP contribution >= 0.6 is 0 Å². The molecule has 4 amide bonds. The first kappa shape index (κ1) is 134. The number of carboxylic acid groups (broad SMARTS) is 1. The van der Waals surface area contributed by atoms with Crippen LogP contribution in [0.2, 0.25) is 0 Å². The second-order valence-electron chi connectivity index (χ2n) is 40.3. The highest BCUT2D eigenvalue weighted by atomic mass is 32.2. The van der Waals surface area contributed by atoms with Gasteiger partial charge in [0.2, 0.25) is 11.8 Å². The Balaban J connectivity index is -0.000000725. The molecule has 0 saturated carbocycles. The zero-order chi connectivity index (χ0) is 103. The van der Waals surface area contributed by atoms with Gasteiger partial charge in [-0.05, 0) is 230 Å². The van der Waals surface area contributed by atoms with Gasteiger partial charge in [0.25, 0.3) is 10.1 Å². The van der Waals surface area contributed by atoms with Gasteiger partial charge >= 0.3 is 18.2 Å². The summed E-state index contributed by atoms with van der Waals surface area (Å²) in [7, 11) is -3.63. The van der Waals surface area contributed by atoms with Crippen LogP contribution in [0.15, 0.2) is 107 Å².